The first-order valence-electron chi connectivity index (χ1n) is 9.71. The summed E-state index contributed by atoms with van der Waals surface area (Å²) in [6.07, 6.45) is 7.42. The first kappa shape index (κ1) is 20.6. The molecule has 1 amide bonds. The summed E-state index contributed by atoms with van der Waals surface area (Å²) >= 11 is 0. The SMILES string of the molecule is O=C(O)/C=C/c1ccccc1CN1C(=O)CC[C@@H]1/C=C/C(O)Cc1ccccc1. The van der Waals surface area contributed by atoms with E-state index in [0.717, 1.165) is 22.8 Å². The van der Waals surface area contributed by atoms with Gasteiger partial charge in [-0.2, -0.15) is 0 Å². The Morgan fingerprint density at radius 1 is 1.14 bits per heavy atom. The lowest BCUT2D eigenvalue weighted by molar-refractivity contribution is -0.131. The van der Waals surface area contributed by atoms with Crippen molar-refractivity contribution in [1.29, 1.82) is 0 Å². The van der Waals surface area contributed by atoms with Gasteiger partial charge in [-0.3, -0.25) is 4.79 Å². The molecule has 1 fully saturated rings. The molecule has 2 atom stereocenters. The van der Waals surface area contributed by atoms with Crippen molar-refractivity contribution in [3.8, 4) is 0 Å². The molecule has 0 saturated carbocycles. The molecule has 1 unspecified atom stereocenters. The third kappa shape index (κ3) is 5.90. The molecular weight excluding hydrogens is 366 g/mol. The molecule has 0 spiro atoms. The molecule has 5 nitrogen and oxygen atoms in total. The van der Waals surface area contributed by atoms with Gasteiger partial charge in [0.2, 0.25) is 5.91 Å². The Morgan fingerprint density at radius 2 is 1.86 bits per heavy atom. The van der Waals surface area contributed by atoms with Gasteiger partial charge < -0.3 is 15.1 Å². The van der Waals surface area contributed by atoms with Gasteiger partial charge in [0.1, 0.15) is 0 Å². The number of carboxylic acid groups (broad SMARTS) is 1. The van der Waals surface area contributed by atoms with E-state index in [1.807, 2.05) is 60.7 Å². The van der Waals surface area contributed by atoms with Gasteiger partial charge in [-0.1, -0.05) is 66.7 Å². The van der Waals surface area contributed by atoms with Crippen molar-refractivity contribution >= 4 is 18.0 Å². The van der Waals surface area contributed by atoms with E-state index in [1.165, 1.54) is 0 Å². The molecule has 150 valence electrons. The molecule has 29 heavy (non-hydrogen) atoms. The fraction of sp³-hybridized carbons (Fsp3) is 0.250. The normalized spacial score (nSPS) is 18.0. The molecule has 2 aromatic rings. The fourth-order valence-electron chi connectivity index (χ4n) is 3.53. The number of rotatable bonds is 8. The van der Waals surface area contributed by atoms with Crippen LogP contribution in [0.1, 0.15) is 29.5 Å². The molecule has 1 saturated heterocycles. The molecule has 1 aliphatic rings. The molecule has 0 radical (unpaired) electrons. The van der Waals surface area contributed by atoms with Crippen LogP contribution >= 0.6 is 0 Å². The predicted octanol–water partition coefficient (Wildman–Crippen LogP) is 3.44. The van der Waals surface area contributed by atoms with Crippen molar-refractivity contribution in [2.75, 3.05) is 0 Å². The lowest BCUT2D eigenvalue weighted by Gasteiger charge is -2.24. The highest BCUT2D eigenvalue weighted by atomic mass is 16.4. The Kier molecular flexibility index (Phi) is 6.98. The molecule has 1 aliphatic heterocycles. The maximum atomic E-state index is 12.4. The number of carboxylic acids is 1. The van der Waals surface area contributed by atoms with Crippen molar-refractivity contribution in [2.24, 2.45) is 0 Å². The quantitative estimate of drug-likeness (QED) is 0.534. The van der Waals surface area contributed by atoms with Gasteiger partial charge >= 0.3 is 5.97 Å². The number of likely N-dealkylation sites (tertiary alicyclic amines) is 1. The molecule has 0 aliphatic carbocycles. The third-order valence-electron chi connectivity index (χ3n) is 5.02. The van der Waals surface area contributed by atoms with E-state index in [1.54, 1.807) is 17.1 Å². The van der Waals surface area contributed by atoms with E-state index < -0.39 is 12.1 Å². The van der Waals surface area contributed by atoms with Crippen molar-refractivity contribution in [2.45, 2.75) is 38.0 Å². The zero-order valence-electron chi connectivity index (χ0n) is 16.1. The van der Waals surface area contributed by atoms with Gasteiger partial charge in [0.25, 0.3) is 0 Å². The van der Waals surface area contributed by atoms with Crippen LogP contribution in [-0.2, 0) is 22.6 Å². The Labute approximate surface area is 170 Å². The number of amides is 1. The summed E-state index contributed by atoms with van der Waals surface area (Å²) in [7, 11) is 0. The highest BCUT2D eigenvalue weighted by Crippen LogP contribution is 2.24. The van der Waals surface area contributed by atoms with Crippen LogP contribution in [0.3, 0.4) is 0 Å². The van der Waals surface area contributed by atoms with E-state index in [2.05, 4.69) is 0 Å². The van der Waals surface area contributed by atoms with Crippen LogP contribution in [0.25, 0.3) is 6.08 Å². The van der Waals surface area contributed by atoms with Gasteiger partial charge in [0.05, 0.1) is 12.1 Å². The van der Waals surface area contributed by atoms with Crippen LogP contribution in [0.5, 0.6) is 0 Å². The van der Waals surface area contributed by atoms with E-state index in [0.29, 0.717) is 25.8 Å². The lowest BCUT2D eigenvalue weighted by Crippen LogP contribution is -2.31. The summed E-state index contributed by atoms with van der Waals surface area (Å²) < 4.78 is 0. The number of aliphatic hydroxyl groups excluding tert-OH is 1. The molecule has 0 aromatic heterocycles. The lowest BCUT2D eigenvalue weighted by atomic mass is 10.0. The van der Waals surface area contributed by atoms with Crippen molar-refractivity contribution in [1.82, 2.24) is 4.90 Å². The monoisotopic (exact) mass is 391 g/mol. The van der Waals surface area contributed by atoms with Crippen molar-refractivity contribution in [3.63, 3.8) is 0 Å². The average Bonchev–Trinajstić information content (AvgIpc) is 3.06. The maximum Gasteiger partial charge on any atom is 0.328 e. The Bertz CT molecular complexity index is 904. The Balaban J connectivity index is 1.69. The number of carbonyl (C=O) groups excluding carboxylic acids is 1. The standard InChI is InChI=1S/C24H25NO4/c26-22(16-18-6-2-1-3-7-18)13-11-21-12-14-23(27)25(21)17-20-9-5-4-8-19(20)10-15-24(28)29/h1-11,13,15,21-22,26H,12,14,16-17H2,(H,28,29)/b13-11+,15-10+/t21-,22?/m0/s1. The highest BCUT2D eigenvalue weighted by Gasteiger charge is 2.29. The second kappa shape index (κ2) is 9.85. The van der Waals surface area contributed by atoms with E-state index >= 15 is 0 Å². The average molecular weight is 391 g/mol. The Hall–Kier alpha value is -3.18. The number of aliphatic carboxylic acids is 1. The summed E-state index contributed by atoms with van der Waals surface area (Å²) in [6, 6.07) is 17.2. The smallest absolute Gasteiger partial charge is 0.328 e. The van der Waals surface area contributed by atoms with Crippen LogP contribution in [0.15, 0.2) is 72.8 Å². The molecular formula is C24H25NO4. The summed E-state index contributed by atoms with van der Waals surface area (Å²) in [5, 5.41) is 19.2. The predicted molar refractivity (Wildman–Crippen MR) is 112 cm³/mol. The first-order valence-corrected chi connectivity index (χ1v) is 9.71. The minimum Gasteiger partial charge on any atom is -0.478 e. The molecule has 2 N–H and O–H groups in total. The summed E-state index contributed by atoms with van der Waals surface area (Å²) in [6.45, 7) is 0.406. The van der Waals surface area contributed by atoms with Crippen LogP contribution < -0.4 is 0 Å². The summed E-state index contributed by atoms with van der Waals surface area (Å²) in [4.78, 5) is 25.0. The number of nitrogens with zero attached hydrogens (tertiary/aromatic N) is 1. The largest absolute Gasteiger partial charge is 0.478 e. The van der Waals surface area contributed by atoms with Gasteiger partial charge in [-0.15, -0.1) is 0 Å². The molecule has 5 heteroatoms. The van der Waals surface area contributed by atoms with Crippen LogP contribution in [0, 0.1) is 0 Å². The van der Waals surface area contributed by atoms with Crippen molar-refractivity contribution in [3.05, 3.63) is 89.5 Å². The number of aliphatic hydroxyl groups is 1. The molecule has 1 heterocycles. The number of benzene rings is 2. The second-order valence-electron chi connectivity index (χ2n) is 7.14. The van der Waals surface area contributed by atoms with E-state index in [4.69, 9.17) is 5.11 Å². The zero-order chi connectivity index (χ0) is 20.6. The van der Waals surface area contributed by atoms with Crippen molar-refractivity contribution < 1.29 is 19.8 Å². The minimum atomic E-state index is -1.01. The third-order valence-corrected chi connectivity index (χ3v) is 5.02. The number of hydrogen-bond acceptors (Lipinski definition) is 3. The molecule has 0 bridgehead atoms. The fourth-order valence-corrected chi connectivity index (χ4v) is 3.53. The van der Waals surface area contributed by atoms with Gasteiger partial charge in [-0.05, 0) is 29.2 Å². The van der Waals surface area contributed by atoms with Crippen LogP contribution in [0.4, 0.5) is 0 Å². The molecule has 3 rings (SSSR count). The number of carbonyl (C=O) groups is 2. The molecule has 2 aromatic carbocycles. The van der Waals surface area contributed by atoms with Crippen LogP contribution in [-0.4, -0.2) is 39.1 Å². The topological polar surface area (TPSA) is 77.8 Å². The zero-order valence-corrected chi connectivity index (χ0v) is 16.1. The summed E-state index contributed by atoms with van der Waals surface area (Å²) in [5.74, 6) is -0.945. The van der Waals surface area contributed by atoms with E-state index in [-0.39, 0.29) is 11.9 Å². The Morgan fingerprint density at radius 3 is 2.62 bits per heavy atom. The highest BCUT2D eigenvalue weighted by molar-refractivity contribution is 5.85. The van der Waals surface area contributed by atoms with Gasteiger partial charge in [0, 0.05) is 25.5 Å². The minimum absolute atomic E-state index is 0.0641. The van der Waals surface area contributed by atoms with E-state index in [9.17, 15) is 14.7 Å². The first-order chi connectivity index (χ1) is 14.0. The van der Waals surface area contributed by atoms with Gasteiger partial charge in [0.15, 0.2) is 0 Å². The summed E-state index contributed by atoms with van der Waals surface area (Å²) in [5.41, 5.74) is 2.73. The maximum absolute atomic E-state index is 12.4. The number of hydrogen-bond donors (Lipinski definition) is 2. The second-order valence-corrected chi connectivity index (χ2v) is 7.14. The van der Waals surface area contributed by atoms with Crippen LogP contribution in [0.2, 0.25) is 0 Å². The van der Waals surface area contributed by atoms with Gasteiger partial charge in [-0.25, -0.2) is 4.79 Å².